The number of para-hydroxylation sites is 1. The van der Waals surface area contributed by atoms with Crippen molar-refractivity contribution in [3.05, 3.63) is 90.0 Å². The summed E-state index contributed by atoms with van der Waals surface area (Å²) in [6.45, 7) is 8.13. The van der Waals surface area contributed by atoms with Gasteiger partial charge in [0.2, 0.25) is 0 Å². The number of rotatable bonds is 6. The van der Waals surface area contributed by atoms with E-state index in [1.54, 1.807) is 7.11 Å². The van der Waals surface area contributed by atoms with Gasteiger partial charge >= 0.3 is 0 Å². The van der Waals surface area contributed by atoms with Gasteiger partial charge in [-0.1, -0.05) is 36.9 Å². The Balaban J connectivity index is 1.35. The van der Waals surface area contributed by atoms with E-state index in [0.29, 0.717) is 0 Å². The van der Waals surface area contributed by atoms with Crippen molar-refractivity contribution in [3.63, 3.8) is 0 Å². The fourth-order valence-corrected chi connectivity index (χ4v) is 6.47. The number of benzene rings is 3. The monoisotopic (exact) mass is 517 g/mol. The minimum absolute atomic E-state index is 0.219. The number of aromatic nitrogens is 3. The van der Waals surface area contributed by atoms with Crippen molar-refractivity contribution in [2.75, 3.05) is 20.2 Å². The Morgan fingerprint density at radius 1 is 1.05 bits per heavy atom. The highest BCUT2D eigenvalue weighted by molar-refractivity contribution is 5.91. The molecule has 4 heterocycles. The summed E-state index contributed by atoms with van der Waals surface area (Å²) in [7, 11) is 1.71. The molecular weight excluding hydrogens is 482 g/mol. The minimum atomic E-state index is 0.219. The first-order valence-corrected chi connectivity index (χ1v) is 14.0. The zero-order valence-electron chi connectivity index (χ0n) is 22.6. The number of hydrogen-bond acceptors (Lipinski definition) is 4. The number of aryl methyl sites for hydroxylation is 2. The molecule has 0 spiro atoms. The average Bonchev–Trinajstić information content (AvgIpc) is 3.52. The summed E-state index contributed by atoms with van der Waals surface area (Å²) in [6.07, 6.45) is 4.38. The molecule has 198 valence electrons. The van der Waals surface area contributed by atoms with Gasteiger partial charge in [0, 0.05) is 48.8 Å². The zero-order chi connectivity index (χ0) is 26.5. The molecular formula is C33H35N5O. The number of likely N-dealkylation sites (tertiary alicyclic amines) is 1. The SMILES string of the molecule is C=C(c1cc2c3c(c1)nc(-c1cc4ccccc4n1Cc1ccc(OC)cc1)n3CCC2)N1CCCC(N)C1. The molecule has 2 aliphatic rings. The van der Waals surface area contributed by atoms with Crippen LogP contribution < -0.4 is 10.5 Å². The van der Waals surface area contributed by atoms with E-state index in [0.717, 1.165) is 80.3 Å². The molecule has 39 heavy (non-hydrogen) atoms. The molecule has 1 fully saturated rings. The number of hydrogen-bond donors (Lipinski definition) is 1. The smallest absolute Gasteiger partial charge is 0.157 e. The van der Waals surface area contributed by atoms with Crippen LogP contribution in [0.1, 0.15) is 36.0 Å². The summed E-state index contributed by atoms with van der Waals surface area (Å²) < 4.78 is 10.2. The number of piperidine rings is 1. The first-order valence-electron chi connectivity index (χ1n) is 14.0. The number of nitrogens with zero attached hydrogens (tertiary/aromatic N) is 4. The highest BCUT2D eigenvalue weighted by Gasteiger charge is 2.25. The van der Waals surface area contributed by atoms with E-state index in [2.05, 4.69) is 75.2 Å². The van der Waals surface area contributed by atoms with E-state index in [-0.39, 0.29) is 6.04 Å². The summed E-state index contributed by atoms with van der Waals surface area (Å²) in [5.41, 5.74) is 15.8. The third-order valence-corrected chi connectivity index (χ3v) is 8.46. The lowest BCUT2D eigenvalue weighted by atomic mass is 9.98. The number of ether oxygens (including phenoxy) is 1. The van der Waals surface area contributed by atoms with Gasteiger partial charge in [0.15, 0.2) is 5.82 Å². The predicted octanol–water partition coefficient (Wildman–Crippen LogP) is 6.05. The largest absolute Gasteiger partial charge is 0.497 e. The van der Waals surface area contributed by atoms with Crippen LogP contribution in [-0.2, 0) is 19.5 Å². The van der Waals surface area contributed by atoms with Crippen LogP contribution >= 0.6 is 0 Å². The van der Waals surface area contributed by atoms with E-state index < -0.39 is 0 Å². The Bertz CT molecular complexity index is 1690. The van der Waals surface area contributed by atoms with Crippen molar-refractivity contribution in [1.82, 2.24) is 19.0 Å². The maximum atomic E-state index is 6.29. The maximum Gasteiger partial charge on any atom is 0.157 e. The molecule has 3 aromatic carbocycles. The van der Waals surface area contributed by atoms with Crippen molar-refractivity contribution in [1.29, 1.82) is 0 Å². The summed E-state index contributed by atoms with van der Waals surface area (Å²) in [6, 6.07) is 24.1. The van der Waals surface area contributed by atoms with Gasteiger partial charge in [-0.05, 0) is 78.8 Å². The Kier molecular flexibility index (Phi) is 5.93. The molecule has 1 atom stereocenters. The molecule has 1 unspecified atom stereocenters. The fourth-order valence-electron chi connectivity index (χ4n) is 6.47. The highest BCUT2D eigenvalue weighted by Crippen LogP contribution is 2.37. The fraction of sp³-hybridized carbons (Fsp3) is 0.303. The molecule has 5 aromatic rings. The molecule has 7 rings (SSSR count). The molecule has 0 radical (unpaired) electrons. The van der Waals surface area contributed by atoms with E-state index in [1.807, 2.05) is 12.1 Å². The lowest BCUT2D eigenvalue weighted by Crippen LogP contribution is -2.41. The summed E-state index contributed by atoms with van der Waals surface area (Å²) in [4.78, 5) is 7.68. The normalized spacial score (nSPS) is 17.2. The summed E-state index contributed by atoms with van der Waals surface area (Å²) in [5.74, 6) is 1.91. The molecule has 0 aliphatic carbocycles. The van der Waals surface area contributed by atoms with Crippen LogP contribution in [0.4, 0.5) is 0 Å². The van der Waals surface area contributed by atoms with Crippen molar-refractivity contribution in [2.24, 2.45) is 5.73 Å². The van der Waals surface area contributed by atoms with Crippen molar-refractivity contribution < 1.29 is 4.74 Å². The summed E-state index contributed by atoms with van der Waals surface area (Å²) in [5, 5.41) is 1.23. The molecule has 2 aliphatic heterocycles. The lowest BCUT2D eigenvalue weighted by molar-refractivity contribution is 0.296. The third kappa shape index (κ3) is 4.20. The van der Waals surface area contributed by atoms with Crippen molar-refractivity contribution in [2.45, 2.75) is 44.8 Å². The second kappa shape index (κ2) is 9.62. The minimum Gasteiger partial charge on any atom is -0.497 e. The third-order valence-electron chi connectivity index (χ3n) is 8.46. The Morgan fingerprint density at radius 3 is 2.72 bits per heavy atom. The zero-order valence-corrected chi connectivity index (χ0v) is 22.6. The topological polar surface area (TPSA) is 61.2 Å². The van der Waals surface area contributed by atoms with Crippen molar-refractivity contribution in [3.8, 4) is 17.3 Å². The van der Waals surface area contributed by atoms with Crippen LogP contribution in [0.5, 0.6) is 5.75 Å². The maximum absolute atomic E-state index is 6.29. The van der Waals surface area contributed by atoms with Gasteiger partial charge in [-0.2, -0.15) is 0 Å². The summed E-state index contributed by atoms with van der Waals surface area (Å²) >= 11 is 0. The highest BCUT2D eigenvalue weighted by atomic mass is 16.5. The van der Waals surface area contributed by atoms with Gasteiger partial charge in [0.1, 0.15) is 5.75 Å². The van der Waals surface area contributed by atoms with E-state index >= 15 is 0 Å². The van der Waals surface area contributed by atoms with E-state index in [9.17, 15) is 0 Å². The van der Waals surface area contributed by atoms with Gasteiger partial charge in [0.05, 0.1) is 23.8 Å². The van der Waals surface area contributed by atoms with Gasteiger partial charge < -0.3 is 24.5 Å². The van der Waals surface area contributed by atoms with Crippen LogP contribution in [0.25, 0.3) is 39.2 Å². The van der Waals surface area contributed by atoms with Crippen LogP contribution in [0.2, 0.25) is 0 Å². The standard InChI is InChI=1S/C33H35N5O/c1-22(36-15-6-9-27(34)21-36)26-17-25-8-5-16-37-32(25)29(18-26)35-33(37)31-19-24-7-3-4-10-30(24)38(31)20-23-11-13-28(39-2)14-12-23/h3-4,7,10-14,17-19,27H,1,5-6,8-9,15-16,20-21,34H2,2H3. The molecule has 1 saturated heterocycles. The van der Waals surface area contributed by atoms with Crippen LogP contribution in [0.3, 0.4) is 0 Å². The van der Waals surface area contributed by atoms with Crippen LogP contribution in [0.15, 0.2) is 73.3 Å². The van der Waals surface area contributed by atoms with Crippen LogP contribution in [-0.4, -0.2) is 45.3 Å². The molecule has 6 nitrogen and oxygen atoms in total. The molecule has 0 bridgehead atoms. The second-order valence-electron chi connectivity index (χ2n) is 11.0. The Labute approximate surface area is 229 Å². The molecule has 2 N–H and O–H groups in total. The first kappa shape index (κ1) is 24.0. The Hall–Kier alpha value is -4.03. The second-order valence-corrected chi connectivity index (χ2v) is 11.0. The number of imidazole rings is 1. The molecule has 2 aromatic heterocycles. The molecule has 0 saturated carbocycles. The molecule has 0 amide bonds. The quantitative estimate of drug-likeness (QED) is 0.298. The van der Waals surface area contributed by atoms with Gasteiger partial charge in [0.25, 0.3) is 0 Å². The van der Waals surface area contributed by atoms with E-state index in [4.69, 9.17) is 15.5 Å². The number of fused-ring (bicyclic) bond motifs is 1. The van der Waals surface area contributed by atoms with Gasteiger partial charge in [-0.3, -0.25) is 0 Å². The van der Waals surface area contributed by atoms with Crippen LogP contribution in [0, 0.1) is 0 Å². The Morgan fingerprint density at radius 2 is 1.90 bits per heavy atom. The van der Waals surface area contributed by atoms with Crippen molar-refractivity contribution >= 4 is 27.6 Å². The first-order chi connectivity index (χ1) is 19.1. The van der Waals surface area contributed by atoms with Gasteiger partial charge in [-0.15, -0.1) is 0 Å². The lowest BCUT2D eigenvalue weighted by Gasteiger charge is -2.34. The predicted molar refractivity (Wildman–Crippen MR) is 159 cm³/mol. The average molecular weight is 518 g/mol. The number of methoxy groups -OCH3 is 1. The van der Waals surface area contributed by atoms with E-state index in [1.165, 1.54) is 33.1 Å². The van der Waals surface area contributed by atoms with Gasteiger partial charge in [-0.25, -0.2) is 4.98 Å². The number of nitrogens with two attached hydrogens (primary N) is 1. The molecule has 6 heteroatoms.